The molecular weight excluding hydrogens is 528 g/mol. The summed E-state index contributed by atoms with van der Waals surface area (Å²) in [6.07, 6.45) is 4.54. The lowest BCUT2D eigenvalue weighted by atomic mass is 10.0. The second kappa shape index (κ2) is 13.8. The molecule has 3 N–H and O–H groups in total. The average molecular weight is 573 g/mol. The van der Waals surface area contributed by atoms with Crippen molar-refractivity contribution in [2.24, 2.45) is 5.73 Å². The fraction of sp³-hybridized carbons (Fsp3) is 0.452. The Balaban J connectivity index is 0.000000290. The first-order valence-corrected chi connectivity index (χ1v) is 13.3. The fourth-order valence-electron chi connectivity index (χ4n) is 4.33. The summed E-state index contributed by atoms with van der Waals surface area (Å²) in [5.74, 6) is 0. The van der Waals surface area contributed by atoms with Gasteiger partial charge in [-0.05, 0) is 95.0 Å². The van der Waals surface area contributed by atoms with Gasteiger partial charge in [0, 0.05) is 62.4 Å². The Labute approximate surface area is 244 Å². The number of amides is 1. The fourth-order valence-corrected chi connectivity index (χ4v) is 4.33. The van der Waals surface area contributed by atoms with Crippen LogP contribution in [0, 0.1) is 0 Å². The number of halogens is 1. The normalized spacial score (nSPS) is 12.7. The first-order valence-electron chi connectivity index (χ1n) is 13.3. The number of benzene rings is 2. The van der Waals surface area contributed by atoms with Gasteiger partial charge in [-0.1, -0.05) is 0 Å². The summed E-state index contributed by atoms with van der Waals surface area (Å²) in [7, 11) is 8.09. The SMILES string of the molecule is CC(Cc1cc(N(C)C)cc2ccoc12)NC(=O)OC(C)(C)C.CC(N)Cc1cc(N(C)C)cc2ccoc12.Cl. The van der Waals surface area contributed by atoms with E-state index in [-0.39, 0.29) is 24.5 Å². The summed E-state index contributed by atoms with van der Waals surface area (Å²) in [6, 6.07) is 12.5. The summed E-state index contributed by atoms with van der Waals surface area (Å²) >= 11 is 0. The van der Waals surface area contributed by atoms with E-state index in [1.54, 1.807) is 12.5 Å². The molecule has 9 heteroatoms. The number of carbonyl (C=O) groups is 1. The Morgan fingerprint density at radius 2 is 1.32 bits per heavy atom. The van der Waals surface area contributed by atoms with Crippen LogP contribution in [0.1, 0.15) is 45.7 Å². The van der Waals surface area contributed by atoms with Gasteiger partial charge in [-0.3, -0.25) is 0 Å². The zero-order valence-electron chi connectivity index (χ0n) is 25.2. The number of nitrogens with zero attached hydrogens (tertiary/aromatic N) is 2. The molecule has 1 amide bonds. The average Bonchev–Trinajstić information content (AvgIpc) is 3.47. The summed E-state index contributed by atoms with van der Waals surface area (Å²) < 4.78 is 16.4. The molecule has 4 rings (SSSR count). The van der Waals surface area contributed by atoms with Crippen LogP contribution in [-0.2, 0) is 17.6 Å². The molecule has 0 saturated carbocycles. The maximum Gasteiger partial charge on any atom is 0.407 e. The number of hydrogen-bond acceptors (Lipinski definition) is 7. The Hall–Kier alpha value is -3.36. The predicted octanol–water partition coefficient (Wildman–Crippen LogP) is 6.76. The highest BCUT2D eigenvalue weighted by Crippen LogP contribution is 2.28. The van der Waals surface area contributed by atoms with Crippen molar-refractivity contribution in [3.05, 3.63) is 60.1 Å². The van der Waals surface area contributed by atoms with Gasteiger partial charge in [-0.25, -0.2) is 4.79 Å². The van der Waals surface area contributed by atoms with E-state index in [1.807, 2.05) is 74.9 Å². The van der Waals surface area contributed by atoms with Gasteiger partial charge in [0.1, 0.15) is 16.8 Å². The number of fused-ring (bicyclic) bond motifs is 2. The summed E-state index contributed by atoms with van der Waals surface area (Å²) in [5.41, 5.74) is 11.7. The first-order chi connectivity index (χ1) is 18.2. The number of anilines is 2. The van der Waals surface area contributed by atoms with E-state index in [4.69, 9.17) is 19.3 Å². The molecule has 2 atom stereocenters. The summed E-state index contributed by atoms with van der Waals surface area (Å²) in [5, 5.41) is 5.08. The van der Waals surface area contributed by atoms with Crippen LogP contribution in [0.4, 0.5) is 16.2 Å². The zero-order valence-corrected chi connectivity index (χ0v) is 26.0. The zero-order chi connectivity index (χ0) is 28.9. The van der Waals surface area contributed by atoms with Crippen LogP contribution in [0.2, 0.25) is 0 Å². The van der Waals surface area contributed by atoms with E-state index >= 15 is 0 Å². The highest BCUT2D eigenvalue weighted by Gasteiger charge is 2.19. The molecule has 0 aliphatic rings. The Morgan fingerprint density at radius 3 is 1.73 bits per heavy atom. The number of alkyl carbamates (subject to hydrolysis) is 1. The van der Waals surface area contributed by atoms with Gasteiger partial charge >= 0.3 is 6.09 Å². The standard InChI is InChI=1S/C18H26N2O3.C13H18N2O.ClH/c1-12(19-17(21)23-18(2,3)4)9-14-11-15(20(5)6)10-13-7-8-22-16(13)14;1-9(14)6-11-8-12(15(2)3)7-10-4-5-16-13(10)11;/h7-8,10-12H,9H2,1-6H3,(H,19,21);4-5,7-9H,6,14H2,1-3H3;1H. The number of ether oxygens (including phenoxy) is 1. The van der Waals surface area contributed by atoms with Crippen molar-refractivity contribution < 1.29 is 18.4 Å². The van der Waals surface area contributed by atoms with Gasteiger partial charge in [0.05, 0.1) is 12.5 Å². The maximum atomic E-state index is 11.9. The first kappa shape index (κ1) is 32.8. The maximum absolute atomic E-state index is 11.9. The smallest absolute Gasteiger partial charge is 0.407 e. The molecule has 8 nitrogen and oxygen atoms in total. The van der Waals surface area contributed by atoms with Crippen LogP contribution >= 0.6 is 12.4 Å². The van der Waals surface area contributed by atoms with Crippen LogP contribution in [0.25, 0.3) is 21.9 Å². The van der Waals surface area contributed by atoms with Gasteiger partial charge in [0.15, 0.2) is 0 Å². The Bertz CT molecular complexity index is 1390. The molecule has 40 heavy (non-hydrogen) atoms. The van der Waals surface area contributed by atoms with E-state index < -0.39 is 11.7 Å². The molecule has 0 aliphatic carbocycles. The molecule has 0 radical (unpaired) electrons. The lowest BCUT2D eigenvalue weighted by Gasteiger charge is -2.22. The van der Waals surface area contributed by atoms with Gasteiger partial charge in [0.25, 0.3) is 0 Å². The highest BCUT2D eigenvalue weighted by atomic mass is 35.5. The number of nitrogens with one attached hydrogen (secondary N) is 1. The molecule has 0 spiro atoms. The van der Waals surface area contributed by atoms with Crippen LogP contribution < -0.4 is 20.9 Å². The number of furan rings is 2. The van der Waals surface area contributed by atoms with Crippen molar-refractivity contribution in [3.63, 3.8) is 0 Å². The van der Waals surface area contributed by atoms with Crippen LogP contribution in [-0.4, -0.2) is 52.0 Å². The predicted molar refractivity (Wildman–Crippen MR) is 168 cm³/mol. The Morgan fingerprint density at radius 1 is 0.875 bits per heavy atom. The van der Waals surface area contributed by atoms with Crippen molar-refractivity contribution >= 4 is 51.8 Å². The number of carbonyl (C=O) groups excluding carboxylic acids is 1. The molecule has 0 saturated heterocycles. The van der Waals surface area contributed by atoms with Gasteiger partial charge in [-0.15, -0.1) is 12.4 Å². The van der Waals surface area contributed by atoms with Crippen LogP contribution in [0.15, 0.2) is 57.8 Å². The van der Waals surface area contributed by atoms with E-state index in [9.17, 15) is 4.79 Å². The Kier molecular flexibility index (Phi) is 11.3. The highest BCUT2D eigenvalue weighted by molar-refractivity contribution is 5.86. The van der Waals surface area contributed by atoms with Gasteiger partial charge < -0.3 is 34.4 Å². The molecule has 2 unspecified atom stereocenters. The molecule has 0 bridgehead atoms. The van der Waals surface area contributed by atoms with Crippen molar-refractivity contribution in [3.8, 4) is 0 Å². The lowest BCUT2D eigenvalue weighted by molar-refractivity contribution is 0.0508. The minimum absolute atomic E-state index is 0. The quantitative estimate of drug-likeness (QED) is 0.252. The molecule has 0 aliphatic heterocycles. The summed E-state index contributed by atoms with van der Waals surface area (Å²) in [4.78, 5) is 16.0. The van der Waals surface area contributed by atoms with E-state index in [2.05, 4.69) is 39.4 Å². The van der Waals surface area contributed by atoms with Crippen LogP contribution in [0.3, 0.4) is 0 Å². The topological polar surface area (TPSA) is 97.1 Å². The molecule has 0 fully saturated rings. The van der Waals surface area contributed by atoms with E-state index in [0.29, 0.717) is 6.42 Å². The van der Waals surface area contributed by atoms with Crippen molar-refractivity contribution in [1.29, 1.82) is 0 Å². The molecule has 2 aromatic heterocycles. The third-order valence-electron chi connectivity index (χ3n) is 6.09. The third-order valence-corrected chi connectivity index (χ3v) is 6.09. The van der Waals surface area contributed by atoms with Crippen molar-refractivity contribution in [2.45, 2.75) is 65.1 Å². The minimum atomic E-state index is -0.497. The monoisotopic (exact) mass is 572 g/mol. The largest absolute Gasteiger partial charge is 0.464 e. The molecule has 2 heterocycles. The molecule has 4 aromatic rings. The molecule has 2 aromatic carbocycles. The number of hydrogen-bond donors (Lipinski definition) is 2. The third kappa shape index (κ3) is 9.10. The lowest BCUT2D eigenvalue weighted by Crippen LogP contribution is -2.38. The van der Waals surface area contributed by atoms with Crippen molar-refractivity contribution in [1.82, 2.24) is 5.32 Å². The molecular formula is C31H45ClN4O4. The summed E-state index contributed by atoms with van der Waals surface area (Å²) in [6.45, 7) is 9.52. The van der Waals surface area contributed by atoms with Gasteiger partial charge in [0.2, 0.25) is 0 Å². The van der Waals surface area contributed by atoms with Crippen molar-refractivity contribution in [2.75, 3.05) is 38.0 Å². The second-order valence-electron chi connectivity index (χ2n) is 11.6. The minimum Gasteiger partial charge on any atom is -0.464 e. The second-order valence-corrected chi connectivity index (χ2v) is 11.6. The number of nitrogens with two attached hydrogens (primary N) is 1. The molecule has 220 valence electrons. The van der Waals surface area contributed by atoms with Gasteiger partial charge in [-0.2, -0.15) is 0 Å². The van der Waals surface area contributed by atoms with E-state index in [1.165, 1.54) is 11.3 Å². The number of rotatable bonds is 7. The van der Waals surface area contributed by atoms with E-state index in [0.717, 1.165) is 39.6 Å². The van der Waals surface area contributed by atoms with Crippen LogP contribution in [0.5, 0.6) is 0 Å².